The van der Waals surface area contributed by atoms with Crippen LogP contribution in [0.15, 0.2) is 48.0 Å². The van der Waals surface area contributed by atoms with Crippen LogP contribution in [0.1, 0.15) is 17.5 Å². The highest BCUT2D eigenvalue weighted by Gasteiger charge is 2.32. The van der Waals surface area contributed by atoms with Crippen LogP contribution >= 0.6 is 0 Å². The maximum atomic E-state index is 13.3. The van der Waals surface area contributed by atoms with Crippen LogP contribution in [0.5, 0.6) is 0 Å². The fraction of sp³-hybridized carbons (Fsp3) is 0.316. The molecule has 0 amide bonds. The van der Waals surface area contributed by atoms with E-state index in [4.69, 9.17) is 0 Å². The predicted octanol–water partition coefficient (Wildman–Crippen LogP) is 3.35. The van der Waals surface area contributed by atoms with E-state index in [2.05, 4.69) is 9.88 Å². The second-order valence-corrected chi connectivity index (χ2v) is 8.95. The summed E-state index contributed by atoms with van der Waals surface area (Å²) in [5.74, 6) is 0. The van der Waals surface area contributed by atoms with Gasteiger partial charge in [-0.05, 0) is 37.2 Å². The number of halogens is 3. The van der Waals surface area contributed by atoms with Gasteiger partial charge in [-0.1, -0.05) is 6.08 Å². The highest BCUT2D eigenvalue weighted by atomic mass is 32.2. The highest BCUT2D eigenvalue weighted by Crippen LogP contribution is 2.37. The van der Waals surface area contributed by atoms with Crippen molar-refractivity contribution in [2.75, 3.05) is 20.1 Å². The molecular weight excluding hydrogens is 405 g/mol. The number of aryl methyl sites for hydroxylation is 1. The lowest BCUT2D eigenvalue weighted by Crippen LogP contribution is -2.23. The minimum atomic E-state index is -4.52. The summed E-state index contributed by atoms with van der Waals surface area (Å²) in [6.07, 6.45) is 2.16. The second-order valence-electron chi connectivity index (χ2n) is 7.19. The van der Waals surface area contributed by atoms with Crippen LogP contribution in [0, 0.1) is 0 Å². The van der Waals surface area contributed by atoms with E-state index in [1.54, 1.807) is 7.05 Å². The van der Waals surface area contributed by atoms with E-state index in [0.717, 1.165) is 28.2 Å². The molecule has 0 saturated carbocycles. The molecule has 154 valence electrons. The van der Waals surface area contributed by atoms with E-state index in [1.165, 1.54) is 29.4 Å². The molecule has 2 aromatic heterocycles. The Morgan fingerprint density at radius 1 is 1.14 bits per heavy atom. The molecule has 6 nitrogen and oxygen atoms in total. The summed E-state index contributed by atoms with van der Waals surface area (Å²) >= 11 is 0. The predicted molar refractivity (Wildman–Crippen MR) is 103 cm³/mol. The molecule has 0 fully saturated rings. The molecular formula is C19H19F3N4O2S. The van der Waals surface area contributed by atoms with Gasteiger partial charge in [0.05, 0.1) is 17.4 Å². The number of aromatic nitrogens is 3. The summed E-state index contributed by atoms with van der Waals surface area (Å²) < 4.78 is 68.7. The summed E-state index contributed by atoms with van der Waals surface area (Å²) in [5.41, 5.74) is 0.715. The lowest BCUT2D eigenvalue weighted by Gasteiger charge is -2.21. The van der Waals surface area contributed by atoms with Crippen molar-refractivity contribution in [2.24, 2.45) is 7.05 Å². The second kappa shape index (κ2) is 6.74. The maximum absolute atomic E-state index is 13.3. The van der Waals surface area contributed by atoms with E-state index in [0.29, 0.717) is 18.5 Å². The van der Waals surface area contributed by atoms with Crippen molar-refractivity contribution in [3.63, 3.8) is 0 Å². The van der Waals surface area contributed by atoms with Gasteiger partial charge >= 0.3 is 6.18 Å². The van der Waals surface area contributed by atoms with E-state index >= 15 is 0 Å². The monoisotopic (exact) mass is 424 g/mol. The van der Waals surface area contributed by atoms with Gasteiger partial charge in [-0.25, -0.2) is 8.96 Å². The van der Waals surface area contributed by atoms with Crippen molar-refractivity contribution in [3.8, 4) is 0 Å². The van der Waals surface area contributed by atoms with Crippen molar-refractivity contribution >= 4 is 26.5 Å². The third-order valence-electron chi connectivity index (χ3n) is 5.06. The number of nitrogens with zero attached hydrogens (tertiary/aromatic N) is 4. The van der Waals surface area contributed by atoms with Crippen molar-refractivity contribution in [1.29, 1.82) is 0 Å². The maximum Gasteiger partial charge on any atom is 0.416 e. The number of hydrogen-bond donors (Lipinski definition) is 0. The first-order chi connectivity index (χ1) is 13.6. The quantitative estimate of drug-likeness (QED) is 0.647. The first kappa shape index (κ1) is 19.7. The van der Waals surface area contributed by atoms with Gasteiger partial charge in [0.1, 0.15) is 0 Å². The molecule has 3 heterocycles. The Morgan fingerprint density at radius 2 is 1.90 bits per heavy atom. The SMILES string of the molecule is CN1CC=C(c2cn(S(=O)(=O)c3cn(C)cn3)c3ccc(C(F)(F)F)cc23)CC1. The topological polar surface area (TPSA) is 60.1 Å². The Hall–Kier alpha value is -2.59. The van der Waals surface area contributed by atoms with Crippen molar-refractivity contribution in [3.05, 3.63) is 54.1 Å². The van der Waals surface area contributed by atoms with Crippen LogP contribution in [0.2, 0.25) is 0 Å². The zero-order chi connectivity index (χ0) is 21.0. The summed E-state index contributed by atoms with van der Waals surface area (Å²) in [6.45, 7) is 1.39. The lowest BCUT2D eigenvalue weighted by molar-refractivity contribution is -0.137. The van der Waals surface area contributed by atoms with Gasteiger partial charge in [-0.3, -0.25) is 0 Å². The minimum absolute atomic E-state index is 0.166. The average molecular weight is 424 g/mol. The van der Waals surface area contributed by atoms with Crippen LogP contribution in [0.3, 0.4) is 0 Å². The molecule has 0 unspecified atom stereocenters. The molecule has 10 heteroatoms. The third-order valence-corrected chi connectivity index (χ3v) is 6.62. The van der Waals surface area contributed by atoms with Gasteiger partial charge in [-0.2, -0.15) is 21.6 Å². The zero-order valence-electron chi connectivity index (χ0n) is 15.8. The molecule has 0 aliphatic carbocycles. The molecule has 0 atom stereocenters. The number of likely N-dealkylation sites (N-methyl/N-ethyl adjacent to an activating group) is 1. The van der Waals surface area contributed by atoms with Crippen LogP contribution in [0.25, 0.3) is 16.5 Å². The molecule has 0 N–H and O–H groups in total. The number of benzene rings is 1. The number of hydrogen-bond acceptors (Lipinski definition) is 4. The molecule has 1 aliphatic heterocycles. The molecule has 0 radical (unpaired) electrons. The molecule has 1 aromatic carbocycles. The Morgan fingerprint density at radius 3 is 2.48 bits per heavy atom. The molecule has 3 aromatic rings. The average Bonchev–Trinajstić information content (AvgIpc) is 3.26. The number of imidazole rings is 1. The Labute approximate surface area is 165 Å². The van der Waals surface area contributed by atoms with E-state index in [9.17, 15) is 21.6 Å². The Kier molecular flexibility index (Phi) is 4.58. The van der Waals surface area contributed by atoms with Gasteiger partial charge in [0.25, 0.3) is 10.0 Å². The summed E-state index contributed by atoms with van der Waals surface area (Å²) in [7, 11) is -0.465. The number of alkyl halides is 3. The van der Waals surface area contributed by atoms with E-state index in [-0.39, 0.29) is 15.9 Å². The van der Waals surface area contributed by atoms with Crippen molar-refractivity contribution < 1.29 is 21.6 Å². The summed E-state index contributed by atoms with van der Waals surface area (Å²) in [5, 5.41) is 0.0934. The highest BCUT2D eigenvalue weighted by molar-refractivity contribution is 7.90. The molecule has 0 spiro atoms. The Bertz CT molecular complexity index is 1220. The van der Waals surface area contributed by atoms with Gasteiger partial charge in [0.2, 0.25) is 0 Å². The van der Waals surface area contributed by atoms with E-state index in [1.807, 2.05) is 13.1 Å². The fourth-order valence-electron chi connectivity index (χ4n) is 3.47. The summed E-state index contributed by atoms with van der Waals surface area (Å²) in [6, 6.07) is 3.13. The molecule has 0 bridgehead atoms. The normalized spacial score (nSPS) is 16.4. The van der Waals surface area contributed by atoms with Crippen LogP contribution < -0.4 is 0 Å². The smallest absolute Gasteiger partial charge is 0.339 e. The molecule has 1 aliphatic rings. The van der Waals surface area contributed by atoms with E-state index < -0.39 is 21.8 Å². The van der Waals surface area contributed by atoms with Gasteiger partial charge < -0.3 is 9.47 Å². The standard InChI is InChI=1S/C19H19F3N4O2S/c1-24-7-5-13(6-8-24)16-10-26(29(27,28)18-11-25(2)12-23-18)17-4-3-14(9-15(16)17)19(20,21)22/h3-5,9-12H,6-8H2,1-2H3. The van der Waals surface area contributed by atoms with Crippen LogP contribution in [0.4, 0.5) is 13.2 Å². The largest absolute Gasteiger partial charge is 0.416 e. The first-order valence-corrected chi connectivity index (χ1v) is 10.3. The number of fused-ring (bicyclic) bond motifs is 1. The zero-order valence-corrected chi connectivity index (χ0v) is 16.6. The van der Waals surface area contributed by atoms with Crippen molar-refractivity contribution in [1.82, 2.24) is 18.4 Å². The number of rotatable bonds is 3. The van der Waals surface area contributed by atoms with Gasteiger partial charge in [0.15, 0.2) is 5.03 Å². The van der Waals surface area contributed by atoms with Gasteiger partial charge in [0, 0.05) is 43.5 Å². The molecule has 4 rings (SSSR count). The summed E-state index contributed by atoms with van der Waals surface area (Å²) in [4.78, 5) is 5.99. The van der Waals surface area contributed by atoms with Crippen LogP contribution in [-0.4, -0.2) is 47.0 Å². The first-order valence-electron chi connectivity index (χ1n) is 8.91. The fourth-order valence-corrected chi connectivity index (χ4v) is 4.81. The van der Waals surface area contributed by atoms with Gasteiger partial charge in [-0.15, -0.1) is 0 Å². The third kappa shape index (κ3) is 3.46. The molecule has 0 saturated heterocycles. The minimum Gasteiger partial charge on any atom is -0.339 e. The van der Waals surface area contributed by atoms with Crippen molar-refractivity contribution in [2.45, 2.75) is 17.6 Å². The lowest BCUT2D eigenvalue weighted by atomic mass is 9.98. The Balaban J connectivity index is 1.97. The van der Waals surface area contributed by atoms with Crippen LogP contribution in [-0.2, 0) is 23.2 Å². The molecule has 29 heavy (non-hydrogen) atoms.